The van der Waals surface area contributed by atoms with Gasteiger partial charge in [-0.15, -0.1) is 0 Å². The lowest BCUT2D eigenvalue weighted by Gasteiger charge is -2.01. The molecule has 3 heteroatoms. The van der Waals surface area contributed by atoms with Gasteiger partial charge in [0, 0.05) is 6.54 Å². The minimum absolute atomic E-state index is 0.506. The largest absolute Gasteiger partial charge is 0.314 e. The van der Waals surface area contributed by atoms with Gasteiger partial charge in [-0.05, 0) is 25.5 Å². The minimum Gasteiger partial charge on any atom is -0.314 e. The lowest BCUT2D eigenvalue weighted by atomic mass is 10.1. The van der Waals surface area contributed by atoms with Crippen LogP contribution in [0.4, 0.5) is 0 Å². The van der Waals surface area contributed by atoms with Crippen molar-refractivity contribution in [2.45, 2.75) is 33.2 Å². The van der Waals surface area contributed by atoms with Crippen molar-refractivity contribution in [2.75, 3.05) is 7.05 Å². The monoisotopic (exact) mass is 167 g/mol. The van der Waals surface area contributed by atoms with Gasteiger partial charge in [-0.25, -0.2) is 0 Å². The highest BCUT2D eigenvalue weighted by Crippen LogP contribution is 2.18. The summed E-state index contributed by atoms with van der Waals surface area (Å²) in [6.07, 6.45) is 0. The molecule has 1 heterocycles. The molecule has 1 aromatic rings. The Morgan fingerprint density at radius 1 is 1.50 bits per heavy atom. The number of aromatic nitrogens is 2. The molecule has 3 nitrogen and oxygen atoms in total. The Kier molecular flexibility index (Phi) is 2.87. The molecule has 0 saturated carbocycles. The van der Waals surface area contributed by atoms with Crippen molar-refractivity contribution in [1.29, 1.82) is 0 Å². The maximum Gasteiger partial charge on any atom is 0.0679 e. The minimum atomic E-state index is 0.506. The van der Waals surface area contributed by atoms with E-state index in [0.717, 1.165) is 6.54 Å². The number of aromatic amines is 1. The summed E-state index contributed by atoms with van der Waals surface area (Å²) in [5, 5.41) is 10.4. The highest BCUT2D eigenvalue weighted by molar-refractivity contribution is 5.25. The maximum absolute atomic E-state index is 4.27. The molecular weight excluding hydrogens is 150 g/mol. The Morgan fingerprint density at radius 3 is 2.58 bits per heavy atom. The second-order valence-corrected chi connectivity index (χ2v) is 3.40. The van der Waals surface area contributed by atoms with Crippen LogP contribution in [0, 0.1) is 6.92 Å². The Balaban J connectivity index is 2.88. The van der Waals surface area contributed by atoms with E-state index < -0.39 is 0 Å². The van der Waals surface area contributed by atoms with Gasteiger partial charge in [0.05, 0.1) is 11.4 Å². The van der Waals surface area contributed by atoms with Crippen molar-refractivity contribution in [3.05, 3.63) is 17.0 Å². The predicted octanol–water partition coefficient (Wildman–Crippen LogP) is 1.56. The van der Waals surface area contributed by atoms with Crippen LogP contribution in [0.1, 0.15) is 36.7 Å². The SMILES string of the molecule is CNCc1[nH]nc(C(C)C)c1C. The Bertz CT molecular complexity index is 250. The number of H-pyrrole nitrogens is 1. The van der Waals surface area contributed by atoms with E-state index in [1.807, 2.05) is 7.05 Å². The molecule has 0 radical (unpaired) electrons. The molecule has 0 aliphatic rings. The lowest BCUT2D eigenvalue weighted by molar-refractivity contribution is 0.776. The zero-order valence-corrected chi connectivity index (χ0v) is 8.23. The van der Waals surface area contributed by atoms with E-state index >= 15 is 0 Å². The van der Waals surface area contributed by atoms with E-state index in [1.54, 1.807) is 0 Å². The van der Waals surface area contributed by atoms with Crippen molar-refractivity contribution in [2.24, 2.45) is 0 Å². The first-order chi connectivity index (χ1) is 5.66. The molecule has 0 atom stereocenters. The number of nitrogens with zero attached hydrogens (tertiary/aromatic N) is 1. The van der Waals surface area contributed by atoms with Crippen molar-refractivity contribution < 1.29 is 0 Å². The smallest absolute Gasteiger partial charge is 0.0679 e. The average molecular weight is 167 g/mol. The van der Waals surface area contributed by atoms with Gasteiger partial charge in [0.25, 0.3) is 0 Å². The summed E-state index contributed by atoms with van der Waals surface area (Å²) >= 11 is 0. The zero-order valence-electron chi connectivity index (χ0n) is 8.23. The van der Waals surface area contributed by atoms with Crippen LogP contribution in [0.2, 0.25) is 0 Å². The summed E-state index contributed by atoms with van der Waals surface area (Å²) in [7, 11) is 1.94. The molecule has 12 heavy (non-hydrogen) atoms. The van der Waals surface area contributed by atoms with Crippen LogP contribution < -0.4 is 5.32 Å². The molecule has 0 aliphatic carbocycles. The summed E-state index contributed by atoms with van der Waals surface area (Å²) in [6, 6.07) is 0. The first-order valence-electron chi connectivity index (χ1n) is 4.35. The number of hydrogen-bond donors (Lipinski definition) is 2. The van der Waals surface area contributed by atoms with Crippen LogP contribution in [0.3, 0.4) is 0 Å². The third-order valence-electron chi connectivity index (χ3n) is 2.05. The maximum atomic E-state index is 4.27. The highest BCUT2D eigenvalue weighted by Gasteiger charge is 2.10. The predicted molar refractivity (Wildman–Crippen MR) is 50.2 cm³/mol. The number of nitrogens with one attached hydrogen (secondary N) is 2. The third kappa shape index (κ3) is 1.67. The molecule has 0 saturated heterocycles. The first-order valence-corrected chi connectivity index (χ1v) is 4.35. The third-order valence-corrected chi connectivity index (χ3v) is 2.05. The quantitative estimate of drug-likeness (QED) is 0.717. The summed E-state index contributed by atoms with van der Waals surface area (Å²) in [5.74, 6) is 0.506. The summed E-state index contributed by atoms with van der Waals surface area (Å²) in [5.41, 5.74) is 3.67. The highest BCUT2D eigenvalue weighted by atomic mass is 15.1. The fourth-order valence-electron chi connectivity index (χ4n) is 1.36. The van der Waals surface area contributed by atoms with Crippen LogP contribution in [0.5, 0.6) is 0 Å². The Labute approximate surface area is 73.6 Å². The zero-order chi connectivity index (χ0) is 9.14. The second kappa shape index (κ2) is 3.72. The summed E-state index contributed by atoms with van der Waals surface area (Å²) < 4.78 is 0. The molecule has 0 aliphatic heterocycles. The van der Waals surface area contributed by atoms with Crippen LogP contribution in [0.15, 0.2) is 0 Å². The molecule has 1 aromatic heterocycles. The van der Waals surface area contributed by atoms with Gasteiger partial charge in [0.15, 0.2) is 0 Å². The molecule has 0 bridgehead atoms. The van der Waals surface area contributed by atoms with Gasteiger partial charge in [-0.2, -0.15) is 5.10 Å². The first kappa shape index (κ1) is 9.26. The fraction of sp³-hybridized carbons (Fsp3) is 0.667. The van der Waals surface area contributed by atoms with Crippen LogP contribution in [0.25, 0.3) is 0 Å². The Hall–Kier alpha value is -0.830. The summed E-state index contributed by atoms with van der Waals surface area (Å²) in [6.45, 7) is 7.30. The molecule has 0 aromatic carbocycles. The standard InChI is InChI=1S/C9H17N3/c1-6(2)9-7(3)8(5-10-4)11-12-9/h6,10H,5H2,1-4H3,(H,11,12). The molecule has 0 spiro atoms. The van der Waals surface area contributed by atoms with Gasteiger partial charge < -0.3 is 5.32 Å². The molecule has 0 amide bonds. The van der Waals surface area contributed by atoms with Crippen molar-refractivity contribution in [1.82, 2.24) is 15.5 Å². The average Bonchev–Trinajstić information content (AvgIpc) is 2.34. The molecule has 0 unspecified atom stereocenters. The second-order valence-electron chi connectivity index (χ2n) is 3.40. The molecule has 0 fully saturated rings. The summed E-state index contributed by atoms with van der Waals surface area (Å²) in [4.78, 5) is 0. The van der Waals surface area contributed by atoms with Gasteiger partial charge >= 0.3 is 0 Å². The van der Waals surface area contributed by atoms with E-state index in [2.05, 4.69) is 36.3 Å². The van der Waals surface area contributed by atoms with Crippen molar-refractivity contribution in [3.8, 4) is 0 Å². The van der Waals surface area contributed by atoms with Gasteiger partial charge in [0.2, 0.25) is 0 Å². The number of rotatable bonds is 3. The van der Waals surface area contributed by atoms with Crippen molar-refractivity contribution >= 4 is 0 Å². The van der Waals surface area contributed by atoms with Crippen LogP contribution >= 0.6 is 0 Å². The van der Waals surface area contributed by atoms with Crippen molar-refractivity contribution in [3.63, 3.8) is 0 Å². The van der Waals surface area contributed by atoms with Crippen LogP contribution in [-0.2, 0) is 6.54 Å². The van der Waals surface area contributed by atoms with Gasteiger partial charge in [-0.3, -0.25) is 5.10 Å². The molecule has 2 N–H and O–H groups in total. The van der Waals surface area contributed by atoms with E-state index in [9.17, 15) is 0 Å². The fourth-order valence-corrected chi connectivity index (χ4v) is 1.36. The van der Waals surface area contributed by atoms with Gasteiger partial charge in [-0.1, -0.05) is 13.8 Å². The van der Waals surface area contributed by atoms with E-state index in [1.165, 1.54) is 17.0 Å². The Morgan fingerprint density at radius 2 is 2.17 bits per heavy atom. The number of hydrogen-bond acceptors (Lipinski definition) is 2. The molecule has 1 rings (SSSR count). The van der Waals surface area contributed by atoms with Crippen LogP contribution in [-0.4, -0.2) is 17.2 Å². The molecular formula is C9H17N3. The molecule has 68 valence electrons. The van der Waals surface area contributed by atoms with E-state index in [-0.39, 0.29) is 0 Å². The lowest BCUT2D eigenvalue weighted by Crippen LogP contribution is -2.06. The topological polar surface area (TPSA) is 40.7 Å². The van der Waals surface area contributed by atoms with Gasteiger partial charge in [0.1, 0.15) is 0 Å². The van der Waals surface area contributed by atoms with E-state index in [0.29, 0.717) is 5.92 Å². The van der Waals surface area contributed by atoms with E-state index in [4.69, 9.17) is 0 Å². The normalized spacial score (nSPS) is 11.1.